The van der Waals surface area contributed by atoms with Crippen LogP contribution >= 0.6 is 0 Å². The van der Waals surface area contributed by atoms with Gasteiger partial charge in [-0.15, -0.1) is 0 Å². The molecule has 0 aromatic carbocycles. The van der Waals surface area contributed by atoms with Crippen LogP contribution in [0.1, 0.15) is 26.5 Å². The molecule has 16 heavy (non-hydrogen) atoms. The number of carbonyl (C=O) groups is 1. The summed E-state index contributed by atoms with van der Waals surface area (Å²) in [4.78, 5) is 15.2. The molecule has 0 atom stereocenters. The topological polar surface area (TPSA) is 51.2 Å². The SMILES string of the molecule is CC(C)(C)OC(=O)Nc1cccc(CF)n1. The first-order valence-electron chi connectivity index (χ1n) is 4.92. The van der Waals surface area contributed by atoms with Gasteiger partial charge in [-0.2, -0.15) is 0 Å². The van der Waals surface area contributed by atoms with Gasteiger partial charge in [0, 0.05) is 0 Å². The van der Waals surface area contributed by atoms with E-state index < -0.39 is 18.4 Å². The van der Waals surface area contributed by atoms with Gasteiger partial charge in [0.2, 0.25) is 0 Å². The second-order valence-corrected chi connectivity index (χ2v) is 4.27. The van der Waals surface area contributed by atoms with Crippen molar-refractivity contribution in [1.82, 2.24) is 4.98 Å². The van der Waals surface area contributed by atoms with Crippen LogP contribution in [0.5, 0.6) is 0 Å². The summed E-state index contributed by atoms with van der Waals surface area (Å²) in [7, 11) is 0. The summed E-state index contributed by atoms with van der Waals surface area (Å²) < 4.78 is 17.3. The number of nitrogens with zero attached hydrogens (tertiary/aromatic N) is 1. The third kappa shape index (κ3) is 4.25. The number of anilines is 1. The Balaban J connectivity index is 2.62. The van der Waals surface area contributed by atoms with Gasteiger partial charge in [0.25, 0.3) is 0 Å². The predicted octanol–water partition coefficient (Wildman–Crippen LogP) is 2.90. The lowest BCUT2D eigenvalue weighted by Gasteiger charge is -2.19. The van der Waals surface area contributed by atoms with Crippen LogP contribution in [0, 0.1) is 0 Å². The molecule has 88 valence electrons. The van der Waals surface area contributed by atoms with Crippen LogP contribution in [0.2, 0.25) is 0 Å². The molecule has 5 heteroatoms. The molecule has 0 aliphatic carbocycles. The van der Waals surface area contributed by atoms with E-state index in [4.69, 9.17) is 4.74 Å². The van der Waals surface area contributed by atoms with Crippen LogP contribution in [0.25, 0.3) is 0 Å². The minimum absolute atomic E-state index is 0.272. The van der Waals surface area contributed by atoms with Crippen LogP contribution in [-0.2, 0) is 11.4 Å². The highest BCUT2D eigenvalue weighted by Crippen LogP contribution is 2.10. The van der Waals surface area contributed by atoms with Crippen LogP contribution in [0.15, 0.2) is 18.2 Å². The Bertz CT molecular complexity index is 374. The van der Waals surface area contributed by atoms with Gasteiger partial charge >= 0.3 is 6.09 Å². The van der Waals surface area contributed by atoms with Crippen molar-refractivity contribution >= 4 is 11.9 Å². The maximum atomic E-state index is 12.3. The van der Waals surface area contributed by atoms with Gasteiger partial charge in [-0.3, -0.25) is 5.32 Å². The summed E-state index contributed by atoms with van der Waals surface area (Å²) in [5, 5.41) is 2.43. The second-order valence-electron chi connectivity index (χ2n) is 4.27. The average Bonchev–Trinajstić information content (AvgIpc) is 2.15. The lowest BCUT2D eigenvalue weighted by Crippen LogP contribution is -2.27. The minimum Gasteiger partial charge on any atom is -0.444 e. The van der Waals surface area contributed by atoms with Crippen LogP contribution < -0.4 is 5.32 Å². The van der Waals surface area contributed by atoms with E-state index in [1.54, 1.807) is 39.0 Å². The van der Waals surface area contributed by atoms with E-state index in [0.29, 0.717) is 0 Å². The van der Waals surface area contributed by atoms with Gasteiger partial charge in [-0.1, -0.05) is 6.07 Å². The number of hydrogen-bond donors (Lipinski definition) is 1. The Hall–Kier alpha value is -1.65. The van der Waals surface area contributed by atoms with Crippen molar-refractivity contribution in [3.63, 3.8) is 0 Å². The highest BCUT2D eigenvalue weighted by Gasteiger charge is 2.16. The van der Waals surface area contributed by atoms with Crippen LogP contribution in [0.3, 0.4) is 0 Å². The fourth-order valence-electron chi connectivity index (χ4n) is 1.03. The molecule has 1 rings (SSSR count). The number of rotatable bonds is 2. The van der Waals surface area contributed by atoms with Gasteiger partial charge in [0.05, 0.1) is 5.69 Å². The Labute approximate surface area is 93.8 Å². The Morgan fingerprint density at radius 3 is 2.75 bits per heavy atom. The third-order valence-electron chi connectivity index (χ3n) is 1.57. The molecule has 0 aliphatic heterocycles. The van der Waals surface area contributed by atoms with E-state index in [1.165, 1.54) is 0 Å². The number of hydrogen-bond acceptors (Lipinski definition) is 3. The van der Waals surface area contributed by atoms with Crippen molar-refractivity contribution in [3.05, 3.63) is 23.9 Å². The summed E-state index contributed by atoms with van der Waals surface area (Å²) in [5.74, 6) is 0.282. The molecule has 0 spiro atoms. The summed E-state index contributed by atoms with van der Waals surface area (Å²) in [6.07, 6.45) is -0.601. The average molecular weight is 226 g/mol. The van der Waals surface area contributed by atoms with Gasteiger partial charge in [0.1, 0.15) is 18.1 Å². The van der Waals surface area contributed by atoms with E-state index >= 15 is 0 Å². The third-order valence-corrected chi connectivity index (χ3v) is 1.57. The van der Waals surface area contributed by atoms with E-state index in [9.17, 15) is 9.18 Å². The van der Waals surface area contributed by atoms with Crippen molar-refractivity contribution in [2.24, 2.45) is 0 Å². The smallest absolute Gasteiger partial charge is 0.413 e. The number of nitrogens with one attached hydrogen (secondary N) is 1. The Morgan fingerprint density at radius 1 is 1.50 bits per heavy atom. The fraction of sp³-hybridized carbons (Fsp3) is 0.455. The van der Waals surface area contributed by atoms with Gasteiger partial charge in [-0.05, 0) is 32.9 Å². The van der Waals surface area contributed by atoms with E-state index in [1.807, 2.05) is 0 Å². The van der Waals surface area contributed by atoms with E-state index in [2.05, 4.69) is 10.3 Å². The van der Waals surface area contributed by atoms with Crippen molar-refractivity contribution in [1.29, 1.82) is 0 Å². The summed E-state index contributed by atoms with van der Waals surface area (Å²) in [6, 6.07) is 4.73. The zero-order valence-corrected chi connectivity index (χ0v) is 9.58. The largest absolute Gasteiger partial charge is 0.444 e. The molecule has 1 heterocycles. The second kappa shape index (κ2) is 4.92. The van der Waals surface area contributed by atoms with Gasteiger partial charge < -0.3 is 4.74 Å². The van der Waals surface area contributed by atoms with Crippen molar-refractivity contribution in [2.45, 2.75) is 33.0 Å². The molecule has 4 nitrogen and oxygen atoms in total. The summed E-state index contributed by atoms with van der Waals surface area (Å²) in [6.45, 7) is 4.62. The predicted molar refractivity (Wildman–Crippen MR) is 58.9 cm³/mol. The highest BCUT2D eigenvalue weighted by atomic mass is 19.1. The van der Waals surface area contributed by atoms with Crippen molar-refractivity contribution in [3.8, 4) is 0 Å². The molecule has 0 unspecified atom stereocenters. The number of halogens is 1. The molecular weight excluding hydrogens is 211 g/mol. The summed E-state index contributed by atoms with van der Waals surface area (Å²) >= 11 is 0. The monoisotopic (exact) mass is 226 g/mol. The molecule has 1 N–H and O–H groups in total. The first kappa shape index (κ1) is 12.4. The van der Waals surface area contributed by atoms with Gasteiger partial charge in [0.15, 0.2) is 0 Å². The number of alkyl halides is 1. The summed E-state index contributed by atoms with van der Waals surface area (Å²) in [5.41, 5.74) is -0.296. The first-order chi connectivity index (χ1) is 7.40. The normalized spacial score (nSPS) is 11.0. The molecule has 1 aromatic rings. The van der Waals surface area contributed by atoms with E-state index in [-0.39, 0.29) is 11.5 Å². The van der Waals surface area contributed by atoms with Crippen molar-refractivity contribution < 1.29 is 13.9 Å². The molecule has 0 bridgehead atoms. The van der Waals surface area contributed by atoms with Crippen LogP contribution in [-0.4, -0.2) is 16.7 Å². The lowest BCUT2D eigenvalue weighted by atomic mass is 10.2. The Kier molecular flexibility index (Phi) is 3.82. The number of pyridine rings is 1. The van der Waals surface area contributed by atoms with Crippen molar-refractivity contribution in [2.75, 3.05) is 5.32 Å². The first-order valence-corrected chi connectivity index (χ1v) is 4.92. The molecule has 0 radical (unpaired) electrons. The lowest BCUT2D eigenvalue weighted by molar-refractivity contribution is 0.0635. The Morgan fingerprint density at radius 2 is 2.19 bits per heavy atom. The number of aromatic nitrogens is 1. The van der Waals surface area contributed by atoms with Gasteiger partial charge in [-0.25, -0.2) is 14.2 Å². The molecule has 0 saturated heterocycles. The molecule has 0 saturated carbocycles. The zero-order chi connectivity index (χ0) is 12.2. The van der Waals surface area contributed by atoms with E-state index in [0.717, 1.165) is 0 Å². The standard InChI is InChI=1S/C11H15FN2O2/c1-11(2,3)16-10(15)14-9-6-4-5-8(7-12)13-9/h4-6H,7H2,1-3H3,(H,13,14,15). The number of amides is 1. The molecule has 1 amide bonds. The zero-order valence-electron chi connectivity index (χ0n) is 9.58. The van der Waals surface area contributed by atoms with Crippen LogP contribution in [0.4, 0.5) is 15.0 Å². The maximum Gasteiger partial charge on any atom is 0.413 e. The highest BCUT2D eigenvalue weighted by molar-refractivity contribution is 5.83. The molecule has 1 aromatic heterocycles. The minimum atomic E-state index is -0.663. The number of ether oxygens (including phenoxy) is 1. The molecular formula is C11H15FN2O2. The quantitative estimate of drug-likeness (QED) is 0.843. The fourth-order valence-corrected chi connectivity index (χ4v) is 1.03. The number of carbonyl (C=O) groups excluding carboxylic acids is 1. The molecule has 0 aliphatic rings. The maximum absolute atomic E-state index is 12.3. The molecule has 0 fully saturated rings.